The standard InChI is InChI=1S/C14H18BrN3/c15-11-2-3-12-13(9-11)18-14(17-12)4-1-10-5-7-16-8-6-10/h2-3,9-10,16H,1,4-8H2,(H,17,18). The van der Waals surface area contributed by atoms with Crippen molar-refractivity contribution in [3.05, 3.63) is 28.5 Å². The SMILES string of the molecule is Brc1ccc2nc(CCC3CCNCC3)[nH]c2c1. The third-order valence-corrected chi connectivity index (χ3v) is 4.23. The Labute approximate surface area is 116 Å². The number of hydrogen-bond donors (Lipinski definition) is 2. The van der Waals surface area contributed by atoms with E-state index in [-0.39, 0.29) is 0 Å². The number of imidazole rings is 1. The maximum atomic E-state index is 4.65. The maximum Gasteiger partial charge on any atom is 0.107 e. The van der Waals surface area contributed by atoms with Crippen LogP contribution in [0, 0.1) is 5.92 Å². The van der Waals surface area contributed by atoms with Gasteiger partial charge in [0, 0.05) is 10.9 Å². The predicted molar refractivity (Wildman–Crippen MR) is 77.7 cm³/mol. The van der Waals surface area contributed by atoms with Crippen LogP contribution in [-0.2, 0) is 6.42 Å². The van der Waals surface area contributed by atoms with Gasteiger partial charge in [-0.25, -0.2) is 4.98 Å². The molecule has 2 N–H and O–H groups in total. The fraction of sp³-hybridized carbons (Fsp3) is 0.500. The minimum Gasteiger partial charge on any atom is -0.342 e. The summed E-state index contributed by atoms with van der Waals surface area (Å²) in [6.45, 7) is 2.36. The van der Waals surface area contributed by atoms with Gasteiger partial charge in [-0.1, -0.05) is 15.9 Å². The first kappa shape index (κ1) is 12.2. The second-order valence-electron chi connectivity index (χ2n) is 5.08. The molecule has 0 radical (unpaired) electrons. The highest BCUT2D eigenvalue weighted by Gasteiger charge is 2.13. The van der Waals surface area contributed by atoms with Crippen LogP contribution >= 0.6 is 15.9 Å². The lowest BCUT2D eigenvalue weighted by atomic mass is 9.93. The molecule has 0 amide bonds. The number of benzene rings is 1. The van der Waals surface area contributed by atoms with Crippen molar-refractivity contribution in [2.24, 2.45) is 5.92 Å². The average Bonchev–Trinajstić information content (AvgIpc) is 2.79. The van der Waals surface area contributed by atoms with Crippen molar-refractivity contribution in [3.63, 3.8) is 0 Å². The van der Waals surface area contributed by atoms with E-state index in [1.54, 1.807) is 0 Å². The van der Waals surface area contributed by atoms with Gasteiger partial charge in [0.25, 0.3) is 0 Å². The number of rotatable bonds is 3. The van der Waals surface area contributed by atoms with E-state index in [2.05, 4.69) is 43.3 Å². The van der Waals surface area contributed by atoms with E-state index >= 15 is 0 Å². The Morgan fingerprint density at radius 1 is 1.28 bits per heavy atom. The Morgan fingerprint density at radius 2 is 2.11 bits per heavy atom. The summed E-state index contributed by atoms with van der Waals surface area (Å²) in [5.74, 6) is 1.99. The van der Waals surface area contributed by atoms with Gasteiger partial charge in [0.2, 0.25) is 0 Å². The lowest BCUT2D eigenvalue weighted by Gasteiger charge is -2.21. The molecule has 4 heteroatoms. The molecule has 2 heterocycles. The van der Waals surface area contributed by atoms with Gasteiger partial charge in [-0.05, 0) is 56.5 Å². The van der Waals surface area contributed by atoms with Crippen LogP contribution in [0.1, 0.15) is 25.1 Å². The molecule has 1 fully saturated rings. The van der Waals surface area contributed by atoms with Crippen LogP contribution < -0.4 is 5.32 Å². The quantitative estimate of drug-likeness (QED) is 0.914. The first-order chi connectivity index (χ1) is 8.81. The number of aromatic amines is 1. The molecule has 3 nitrogen and oxygen atoms in total. The molecule has 0 unspecified atom stereocenters. The molecule has 1 aromatic carbocycles. The molecule has 0 atom stereocenters. The lowest BCUT2D eigenvalue weighted by molar-refractivity contribution is 0.352. The Kier molecular flexibility index (Phi) is 3.66. The summed E-state index contributed by atoms with van der Waals surface area (Å²) in [5, 5.41) is 3.41. The van der Waals surface area contributed by atoms with E-state index in [0.29, 0.717) is 0 Å². The van der Waals surface area contributed by atoms with Gasteiger partial charge in [-0.15, -0.1) is 0 Å². The van der Waals surface area contributed by atoms with Crippen molar-refractivity contribution < 1.29 is 0 Å². The predicted octanol–water partition coefficient (Wildman–Crippen LogP) is 3.26. The van der Waals surface area contributed by atoms with Gasteiger partial charge in [0.1, 0.15) is 5.82 Å². The molecular formula is C14H18BrN3. The molecule has 1 aliphatic heterocycles. The third kappa shape index (κ3) is 2.75. The maximum absolute atomic E-state index is 4.65. The van der Waals surface area contributed by atoms with Crippen LogP contribution in [0.15, 0.2) is 22.7 Å². The Hall–Kier alpha value is -0.870. The van der Waals surface area contributed by atoms with Crippen LogP contribution in [0.3, 0.4) is 0 Å². The molecule has 1 aliphatic rings. The number of nitrogens with zero attached hydrogens (tertiary/aromatic N) is 1. The minimum absolute atomic E-state index is 0.867. The van der Waals surface area contributed by atoms with Crippen molar-refractivity contribution in [3.8, 4) is 0 Å². The van der Waals surface area contributed by atoms with E-state index in [1.807, 2.05) is 6.07 Å². The molecule has 18 heavy (non-hydrogen) atoms. The fourth-order valence-electron chi connectivity index (χ4n) is 2.66. The van der Waals surface area contributed by atoms with Gasteiger partial charge < -0.3 is 10.3 Å². The number of piperidine rings is 1. The normalized spacial score (nSPS) is 17.4. The van der Waals surface area contributed by atoms with Gasteiger partial charge >= 0.3 is 0 Å². The van der Waals surface area contributed by atoms with Crippen molar-refractivity contribution in [1.82, 2.24) is 15.3 Å². The highest BCUT2D eigenvalue weighted by atomic mass is 79.9. The molecule has 2 aromatic rings. The van der Waals surface area contributed by atoms with Crippen molar-refractivity contribution >= 4 is 27.0 Å². The minimum atomic E-state index is 0.867. The second kappa shape index (κ2) is 5.41. The molecular weight excluding hydrogens is 290 g/mol. The van der Waals surface area contributed by atoms with Crippen LogP contribution in [0.25, 0.3) is 11.0 Å². The average molecular weight is 308 g/mol. The van der Waals surface area contributed by atoms with Crippen molar-refractivity contribution in [2.45, 2.75) is 25.7 Å². The first-order valence-corrected chi connectivity index (χ1v) is 7.45. The second-order valence-corrected chi connectivity index (χ2v) is 5.99. The smallest absolute Gasteiger partial charge is 0.107 e. The number of aryl methyl sites for hydroxylation is 1. The Balaban J connectivity index is 1.67. The van der Waals surface area contributed by atoms with Crippen LogP contribution in [0.5, 0.6) is 0 Å². The molecule has 1 saturated heterocycles. The van der Waals surface area contributed by atoms with E-state index in [9.17, 15) is 0 Å². The van der Waals surface area contributed by atoms with Crippen molar-refractivity contribution in [1.29, 1.82) is 0 Å². The highest BCUT2D eigenvalue weighted by Crippen LogP contribution is 2.21. The van der Waals surface area contributed by atoms with Crippen LogP contribution in [0.2, 0.25) is 0 Å². The summed E-state index contributed by atoms with van der Waals surface area (Å²) in [6.07, 6.45) is 4.94. The molecule has 1 aromatic heterocycles. The summed E-state index contributed by atoms with van der Waals surface area (Å²) in [4.78, 5) is 8.07. The third-order valence-electron chi connectivity index (χ3n) is 3.74. The summed E-state index contributed by atoms with van der Waals surface area (Å²) in [7, 11) is 0. The zero-order valence-corrected chi connectivity index (χ0v) is 12.0. The number of aromatic nitrogens is 2. The van der Waals surface area contributed by atoms with Gasteiger partial charge in [0.05, 0.1) is 11.0 Å². The van der Waals surface area contributed by atoms with Gasteiger partial charge in [-0.2, -0.15) is 0 Å². The summed E-state index contributed by atoms with van der Waals surface area (Å²) >= 11 is 3.49. The van der Waals surface area contributed by atoms with Crippen LogP contribution in [-0.4, -0.2) is 23.1 Å². The monoisotopic (exact) mass is 307 g/mol. The lowest BCUT2D eigenvalue weighted by Crippen LogP contribution is -2.27. The first-order valence-electron chi connectivity index (χ1n) is 6.66. The Bertz CT molecular complexity index is 529. The van der Waals surface area contributed by atoms with E-state index in [4.69, 9.17) is 0 Å². The van der Waals surface area contributed by atoms with Crippen molar-refractivity contribution in [2.75, 3.05) is 13.1 Å². The fourth-order valence-corrected chi connectivity index (χ4v) is 3.03. The molecule has 0 spiro atoms. The number of hydrogen-bond acceptors (Lipinski definition) is 2. The van der Waals surface area contributed by atoms with Gasteiger partial charge in [-0.3, -0.25) is 0 Å². The summed E-state index contributed by atoms with van der Waals surface area (Å²) < 4.78 is 1.10. The van der Waals surface area contributed by atoms with E-state index in [1.165, 1.54) is 32.4 Å². The molecule has 3 rings (SSSR count). The topological polar surface area (TPSA) is 40.7 Å². The highest BCUT2D eigenvalue weighted by molar-refractivity contribution is 9.10. The summed E-state index contributed by atoms with van der Waals surface area (Å²) in [6, 6.07) is 6.19. The molecule has 0 saturated carbocycles. The Morgan fingerprint density at radius 3 is 2.94 bits per heavy atom. The van der Waals surface area contributed by atoms with E-state index in [0.717, 1.165) is 33.7 Å². The largest absolute Gasteiger partial charge is 0.342 e. The zero-order valence-electron chi connectivity index (χ0n) is 10.4. The van der Waals surface area contributed by atoms with Gasteiger partial charge in [0.15, 0.2) is 0 Å². The zero-order chi connectivity index (χ0) is 12.4. The van der Waals surface area contributed by atoms with Crippen LogP contribution in [0.4, 0.5) is 0 Å². The molecule has 0 aliphatic carbocycles. The molecule has 96 valence electrons. The number of fused-ring (bicyclic) bond motifs is 1. The number of nitrogens with one attached hydrogen (secondary N) is 2. The summed E-state index contributed by atoms with van der Waals surface area (Å²) in [5.41, 5.74) is 2.20. The number of halogens is 1. The molecule has 0 bridgehead atoms. The number of H-pyrrole nitrogens is 1. The van der Waals surface area contributed by atoms with E-state index < -0.39 is 0 Å².